The number of carbonyl (C=O) groups is 2. The molecule has 2 fully saturated rings. The molecule has 0 aromatic heterocycles. The zero-order chi connectivity index (χ0) is 28.3. The summed E-state index contributed by atoms with van der Waals surface area (Å²) in [5, 5.41) is 6.98. The first kappa shape index (κ1) is 28.5. The first-order valence-electron chi connectivity index (χ1n) is 13.3. The number of amides is 1. The summed E-state index contributed by atoms with van der Waals surface area (Å²) in [7, 11) is 3.25. The lowest BCUT2D eigenvalue weighted by atomic mass is 9.62. The van der Waals surface area contributed by atoms with Gasteiger partial charge in [-0.1, -0.05) is 62.2 Å². The van der Waals surface area contributed by atoms with Gasteiger partial charge in [-0.3, -0.25) is 9.59 Å². The average molecular weight is 578 g/mol. The van der Waals surface area contributed by atoms with Crippen LogP contribution in [0, 0.1) is 17.2 Å². The summed E-state index contributed by atoms with van der Waals surface area (Å²) in [6.07, 6.45) is 1.23. The molecule has 2 unspecified atom stereocenters. The van der Waals surface area contributed by atoms with Crippen LogP contribution < -0.4 is 10.6 Å². The summed E-state index contributed by atoms with van der Waals surface area (Å²) in [6.45, 7) is 6.26. The van der Waals surface area contributed by atoms with Crippen molar-refractivity contribution in [3.63, 3.8) is 0 Å². The third kappa shape index (κ3) is 4.70. The van der Waals surface area contributed by atoms with Gasteiger partial charge in [0.1, 0.15) is 11.2 Å². The first-order valence-corrected chi connectivity index (χ1v) is 14.1. The normalized spacial score (nSPS) is 31.7. The van der Waals surface area contributed by atoms with Gasteiger partial charge in [0, 0.05) is 43.3 Å². The molecule has 1 saturated carbocycles. The molecule has 7 atom stereocenters. The molecule has 2 N–H and O–H groups in total. The average Bonchev–Trinajstić information content (AvgIpc) is 3.32. The summed E-state index contributed by atoms with van der Waals surface area (Å²) in [5.74, 6) is -1.85. The molecule has 2 aliphatic heterocycles. The Morgan fingerprint density at radius 3 is 2.56 bits per heavy atom. The van der Waals surface area contributed by atoms with Gasteiger partial charge < -0.3 is 20.1 Å². The van der Waals surface area contributed by atoms with Crippen LogP contribution in [0.1, 0.15) is 57.1 Å². The highest BCUT2D eigenvalue weighted by atomic mass is 35.5. The maximum atomic E-state index is 15.9. The Morgan fingerprint density at radius 2 is 1.90 bits per heavy atom. The van der Waals surface area contributed by atoms with Crippen LogP contribution in [0.2, 0.25) is 10.0 Å². The third-order valence-electron chi connectivity index (χ3n) is 8.69. The highest BCUT2D eigenvalue weighted by Gasteiger charge is 2.66. The van der Waals surface area contributed by atoms with E-state index in [4.69, 9.17) is 32.7 Å². The van der Waals surface area contributed by atoms with E-state index in [1.165, 1.54) is 6.07 Å². The van der Waals surface area contributed by atoms with Crippen molar-refractivity contribution in [1.29, 1.82) is 0 Å². The van der Waals surface area contributed by atoms with Crippen molar-refractivity contribution >= 4 is 40.6 Å². The van der Waals surface area contributed by atoms with Gasteiger partial charge in [-0.05, 0) is 53.5 Å². The lowest BCUT2D eigenvalue weighted by molar-refractivity contribution is -0.149. The molecule has 1 spiro atoms. The second-order valence-corrected chi connectivity index (χ2v) is 13.1. The van der Waals surface area contributed by atoms with E-state index in [0.717, 1.165) is 0 Å². The van der Waals surface area contributed by atoms with E-state index in [-0.39, 0.29) is 52.2 Å². The van der Waals surface area contributed by atoms with Gasteiger partial charge >= 0.3 is 0 Å². The summed E-state index contributed by atoms with van der Waals surface area (Å²) < 4.78 is 26.9. The number of hydrogen-bond acceptors (Lipinski definition) is 5. The fourth-order valence-electron chi connectivity index (χ4n) is 7.04. The molecule has 1 saturated heterocycles. The molecule has 2 heterocycles. The number of benzene rings is 2. The molecule has 9 heteroatoms. The van der Waals surface area contributed by atoms with Gasteiger partial charge in [0.15, 0.2) is 5.78 Å². The van der Waals surface area contributed by atoms with E-state index in [2.05, 4.69) is 31.4 Å². The maximum absolute atomic E-state index is 15.9. The Bertz CT molecular complexity index is 1300. The van der Waals surface area contributed by atoms with Crippen molar-refractivity contribution in [2.24, 2.45) is 11.3 Å². The Morgan fingerprint density at radius 1 is 1.15 bits per heavy atom. The summed E-state index contributed by atoms with van der Waals surface area (Å²) in [4.78, 5) is 28.3. The third-order valence-corrected chi connectivity index (χ3v) is 9.22. The second-order valence-electron chi connectivity index (χ2n) is 12.2. The zero-order valence-electron chi connectivity index (χ0n) is 22.8. The number of nitrogens with one attached hydrogen (secondary N) is 2. The number of ketones is 1. The van der Waals surface area contributed by atoms with Crippen LogP contribution in [-0.4, -0.2) is 50.2 Å². The van der Waals surface area contributed by atoms with Crippen molar-refractivity contribution in [1.82, 2.24) is 5.32 Å². The Labute approximate surface area is 238 Å². The number of carbonyl (C=O) groups excluding carboxylic acids is 2. The molecule has 2 aromatic rings. The SMILES string of the molecule is COC1C[C@@H](CC(=O)[C@@H]2N[C@H](CC(C)(C)C)[C@]3(C(=O)Nc4cc(Cl)ccc43)[C@H]2c2cccc(Cl)c2F)C1OC. The molecule has 3 aliphatic rings. The molecule has 1 amide bonds. The van der Waals surface area contributed by atoms with Crippen molar-refractivity contribution in [3.05, 3.63) is 63.4 Å². The number of anilines is 1. The monoisotopic (exact) mass is 576 g/mol. The minimum Gasteiger partial charge on any atom is -0.379 e. The molecule has 0 bridgehead atoms. The van der Waals surface area contributed by atoms with Crippen molar-refractivity contribution in [2.45, 2.75) is 75.7 Å². The topological polar surface area (TPSA) is 76.7 Å². The van der Waals surface area contributed by atoms with Gasteiger partial charge in [-0.25, -0.2) is 4.39 Å². The van der Waals surface area contributed by atoms with Crippen LogP contribution >= 0.6 is 23.2 Å². The number of fused-ring (bicyclic) bond motifs is 2. The predicted molar refractivity (Wildman–Crippen MR) is 150 cm³/mol. The van der Waals surface area contributed by atoms with E-state index < -0.39 is 29.2 Å². The second kappa shape index (κ2) is 10.4. The van der Waals surface area contributed by atoms with Gasteiger partial charge in [0.05, 0.1) is 23.3 Å². The van der Waals surface area contributed by atoms with Gasteiger partial charge in [0.2, 0.25) is 5.91 Å². The van der Waals surface area contributed by atoms with E-state index in [1.54, 1.807) is 38.5 Å². The quantitative estimate of drug-likeness (QED) is 0.429. The summed E-state index contributed by atoms with van der Waals surface area (Å²) in [6, 6.07) is 8.77. The number of methoxy groups -OCH3 is 2. The number of Topliss-reactive ketones (excluding diaryl/α,β-unsaturated/α-hetero) is 1. The van der Waals surface area contributed by atoms with E-state index >= 15 is 4.39 Å². The van der Waals surface area contributed by atoms with Crippen molar-refractivity contribution < 1.29 is 23.5 Å². The largest absolute Gasteiger partial charge is 0.379 e. The van der Waals surface area contributed by atoms with Crippen LogP contribution in [0.25, 0.3) is 0 Å². The van der Waals surface area contributed by atoms with E-state index in [9.17, 15) is 9.59 Å². The van der Waals surface area contributed by atoms with Crippen molar-refractivity contribution in [2.75, 3.05) is 19.5 Å². The Balaban J connectivity index is 1.66. The molecule has 39 heavy (non-hydrogen) atoms. The van der Waals surface area contributed by atoms with Gasteiger partial charge in [0.25, 0.3) is 0 Å². The van der Waals surface area contributed by atoms with Crippen molar-refractivity contribution in [3.8, 4) is 0 Å². The minimum atomic E-state index is -1.26. The van der Waals surface area contributed by atoms with Crippen LogP contribution in [-0.2, 0) is 24.5 Å². The molecule has 0 radical (unpaired) electrons. The number of halogens is 3. The van der Waals surface area contributed by atoms with Gasteiger partial charge in [-0.2, -0.15) is 0 Å². The molecule has 1 aliphatic carbocycles. The van der Waals surface area contributed by atoms with Crippen LogP contribution in [0.5, 0.6) is 0 Å². The minimum absolute atomic E-state index is 0.0276. The first-order chi connectivity index (χ1) is 18.4. The standard InChI is InChI=1S/C30H35Cl2FN2O4/c1-29(2,3)14-23-30(18-10-9-16(31)13-20(18)34-28(30)37)24(17-7-6-8-19(32)25(17)33)26(35-23)21(36)11-15-12-22(38-4)27(15)39-5/h6-10,13,15,22-24,26-27,35H,11-12,14H2,1-5H3,(H,34,37)/t15-,22?,23-,24+,26+,27?,30+/m1/s1. The van der Waals surface area contributed by atoms with Crippen LogP contribution in [0.15, 0.2) is 36.4 Å². The fraction of sp³-hybridized carbons (Fsp3) is 0.533. The highest BCUT2D eigenvalue weighted by Crippen LogP contribution is 2.57. The fourth-order valence-corrected chi connectivity index (χ4v) is 7.39. The Hall–Kier alpha value is -2.03. The van der Waals surface area contributed by atoms with E-state index in [1.807, 2.05) is 6.07 Å². The lowest BCUT2D eigenvalue weighted by Gasteiger charge is -2.43. The zero-order valence-corrected chi connectivity index (χ0v) is 24.3. The molecular weight excluding hydrogens is 542 g/mol. The maximum Gasteiger partial charge on any atom is 0.237 e. The molecule has 6 nitrogen and oxygen atoms in total. The van der Waals surface area contributed by atoms with Crippen LogP contribution in [0.4, 0.5) is 10.1 Å². The smallest absolute Gasteiger partial charge is 0.237 e. The Kier molecular flexibility index (Phi) is 7.61. The molecular formula is C30H35Cl2FN2O4. The summed E-state index contributed by atoms with van der Waals surface area (Å²) in [5.41, 5.74) is 0.0747. The molecule has 5 rings (SSSR count). The summed E-state index contributed by atoms with van der Waals surface area (Å²) >= 11 is 12.6. The highest BCUT2D eigenvalue weighted by molar-refractivity contribution is 6.31. The van der Waals surface area contributed by atoms with E-state index in [0.29, 0.717) is 29.1 Å². The lowest BCUT2D eigenvalue weighted by Crippen LogP contribution is -2.51. The number of ether oxygens (including phenoxy) is 2. The van der Waals surface area contributed by atoms with Crippen LogP contribution in [0.3, 0.4) is 0 Å². The number of rotatable bonds is 7. The number of hydrogen-bond donors (Lipinski definition) is 2. The molecule has 210 valence electrons. The van der Waals surface area contributed by atoms with Gasteiger partial charge in [-0.15, -0.1) is 0 Å². The molecule has 2 aromatic carbocycles. The predicted octanol–water partition coefficient (Wildman–Crippen LogP) is 5.89.